The number of benzene rings is 1. The summed E-state index contributed by atoms with van der Waals surface area (Å²) in [4.78, 5) is 15.0. The van der Waals surface area contributed by atoms with E-state index in [1.807, 2.05) is 6.07 Å². The molecule has 0 aliphatic carbocycles. The lowest BCUT2D eigenvalue weighted by Gasteiger charge is -2.30. The lowest BCUT2D eigenvalue weighted by molar-refractivity contribution is 0.0952. The molecule has 0 radical (unpaired) electrons. The zero-order valence-corrected chi connectivity index (χ0v) is 17.9. The van der Waals surface area contributed by atoms with Crippen LogP contribution < -0.4 is 9.62 Å². The molecule has 1 fully saturated rings. The predicted octanol–water partition coefficient (Wildman–Crippen LogP) is 2.64. The molecule has 1 saturated heterocycles. The highest BCUT2D eigenvalue weighted by molar-refractivity contribution is 7.92. The van der Waals surface area contributed by atoms with Crippen molar-refractivity contribution in [2.45, 2.75) is 45.4 Å². The van der Waals surface area contributed by atoms with Crippen molar-refractivity contribution in [3.63, 3.8) is 0 Å². The second-order valence-corrected chi connectivity index (χ2v) is 10.2. The first kappa shape index (κ1) is 21.1. The number of likely N-dealkylation sites (tertiary alicyclic amines) is 1. The maximum absolute atomic E-state index is 12.5. The molecule has 1 aromatic carbocycles. The summed E-state index contributed by atoms with van der Waals surface area (Å²) >= 11 is 0. The number of nitrogens with zero attached hydrogens (tertiary/aromatic N) is 2. The summed E-state index contributed by atoms with van der Waals surface area (Å²) in [6, 6.07) is 5.34. The van der Waals surface area contributed by atoms with Crippen LogP contribution in [0.3, 0.4) is 0 Å². The Morgan fingerprint density at radius 2 is 1.93 bits per heavy atom. The van der Waals surface area contributed by atoms with E-state index in [9.17, 15) is 13.2 Å². The molecule has 3 rings (SSSR count). The second kappa shape index (κ2) is 9.27. The number of carbonyl (C=O) groups excluding carboxylic acids is 1. The van der Waals surface area contributed by atoms with Gasteiger partial charge in [0.05, 0.1) is 11.9 Å². The van der Waals surface area contributed by atoms with Crippen LogP contribution in [0.4, 0.5) is 5.69 Å². The van der Waals surface area contributed by atoms with Gasteiger partial charge in [-0.15, -0.1) is 0 Å². The molecular formula is C21H33N3O3S. The van der Waals surface area contributed by atoms with Crippen LogP contribution in [-0.2, 0) is 16.4 Å². The van der Waals surface area contributed by atoms with Crippen molar-refractivity contribution in [2.24, 2.45) is 5.92 Å². The van der Waals surface area contributed by atoms with Gasteiger partial charge in [-0.25, -0.2) is 8.42 Å². The van der Waals surface area contributed by atoms with Crippen LogP contribution in [0.2, 0.25) is 0 Å². The summed E-state index contributed by atoms with van der Waals surface area (Å²) in [7, 11) is -3.28. The normalized spacial score (nSPS) is 18.7. The minimum absolute atomic E-state index is 0.0777. The summed E-state index contributed by atoms with van der Waals surface area (Å²) in [6.45, 7) is 7.03. The molecule has 1 amide bonds. The van der Waals surface area contributed by atoms with Gasteiger partial charge in [-0.05, 0) is 87.8 Å². The molecule has 156 valence electrons. The first-order valence-corrected chi connectivity index (χ1v) is 12.3. The van der Waals surface area contributed by atoms with Crippen LogP contribution in [-0.4, -0.2) is 58.2 Å². The van der Waals surface area contributed by atoms with Crippen LogP contribution in [0.15, 0.2) is 18.2 Å². The van der Waals surface area contributed by atoms with Gasteiger partial charge in [-0.1, -0.05) is 6.92 Å². The number of rotatable bonds is 7. The lowest BCUT2D eigenvalue weighted by Crippen LogP contribution is -2.35. The zero-order chi connectivity index (χ0) is 20.1. The molecule has 2 aliphatic rings. The monoisotopic (exact) mass is 407 g/mol. The highest BCUT2D eigenvalue weighted by atomic mass is 32.2. The largest absolute Gasteiger partial charge is 0.352 e. The van der Waals surface area contributed by atoms with Crippen molar-refractivity contribution < 1.29 is 13.2 Å². The quantitative estimate of drug-likeness (QED) is 0.706. The molecule has 0 atom stereocenters. The van der Waals surface area contributed by atoms with E-state index in [-0.39, 0.29) is 5.91 Å². The van der Waals surface area contributed by atoms with Crippen molar-refractivity contribution in [3.8, 4) is 0 Å². The Hall–Kier alpha value is -1.60. The highest BCUT2D eigenvalue weighted by Crippen LogP contribution is 2.29. The zero-order valence-electron chi connectivity index (χ0n) is 17.1. The Morgan fingerprint density at radius 3 is 2.64 bits per heavy atom. The van der Waals surface area contributed by atoms with Crippen molar-refractivity contribution >= 4 is 21.6 Å². The van der Waals surface area contributed by atoms with E-state index >= 15 is 0 Å². The average molecular weight is 408 g/mol. The minimum Gasteiger partial charge on any atom is -0.352 e. The summed E-state index contributed by atoms with van der Waals surface area (Å²) < 4.78 is 25.3. The smallest absolute Gasteiger partial charge is 0.251 e. The van der Waals surface area contributed by atoms with Gasteiger partial charge in [-0.3, -0.25) is 9.10 Å². The van der Waals surface area contributed by atoms with E-state index < -0.39 is 10.0 Å². The van der Waals surface area contributed by atoms with E-state index in [0.29, 0.717) is 24.3 Å². The molecule has 2 heterocycles. The van der Waals surface area contributed by atoms with Crippen molar-refractivity contribution in [2.75, 3.05) is 43.3 Å². The van der Waals surface area contributed by atoms with E-state index in [2.05, 4.69) is 17.1 Å². The number of nitrogens with one attached hydrogen (secondary N) is 1. The van der Waals surface area contributed by atoms with Gasteiger partial charge in [0.15, 0.2) is 0 Å². The maximum Gasteiger partial charge on any atom is 0.251 e. The summed E-state index contributed by atoms with van der Waals surface area (Å²) in [5.74, 6) is 0.780. The number of aryl methyl sites for hydroxylation is 1. The fourth-order valence-electron chi connectivity index (χ4n) is 4.10. The van der Waals surface area contributed by atoms with Crippen molar-refractivity contribution in [3.05, 3.63) is 29.3 Å². The summed E-state index contributed by atoms with van der Waals surface area (Å²) in [5.41, 5.74) is 2.25. The molecule has 28 heavy (non-hydrogen) atoms. The van der Waals surface area contributed by atoms with Crippen LogP contribution in [0.25, 0.3) is 0 Å². The molecule has 1 aromatic rings. The molecule has 7 heteroatoms. The average Bonchev–Trinajstić information content (AvgIpc) is 2.67. The number of carbonyl (C=O) groups is 1. The number of fused-ring (bicyclic) bond motifs is 1. The minimum atomic E-state index is -3.28. The van der Waals surface area contributed by atoms with Gasteiger partial charge in [0, 0.05) is 18.7 Å². The molecule has 0 saturated carbocycles. The summed E-state index contributed by atoms with van der Waals surface area (Å²) in [5, 5.41) is 3.00. The molecule has 0 bridgehead atoms. The number of unbranched alkanes of at least 4 members (excludes halogenated alkanes) is 1. The molecule has 1 N–H and O–H groups in total. The molecule has 0 aromatic heterocycles. The Balaban J connectivity index is 1.46. The SMILES string of the molecule is CC1CCN(CCCCNC(=O)c2ccc3c(c2)CCCN3S(C)(=O)=O)CC1. The molecule has 0 spiro atoms. The summed E-state index contributed by atoms with van der Waals surface area (Å²) in [6.07, 6.45) is 7.48. The number of hydrogen-bond acceptors (Lipinski definition) is 4. The highest BCUT2D eigenvalue weighted by Gasteiger charge is 2.24. The lowest BCUT2D eigenvalue weighted by atomic mass is 9.99. The van der Waals surface area contributed by atoms with Crippen LogP contribution >= 0.6 is 0 Å². The van der Waals surface area contributed by atoms with E-state index in [1.54, 1.807) is 12.1 Å². The number of hydrogen-bond donors (Lipinski definition) is 1. The number of piperidine rings is 1. The van der Waals surface area contributed by atoms with Gasteiger partial charge in [-0.2, -0.15) is 0 Å². The third-order valence-corrected chi connectivity index (χ3v) is 7.06. The number of sulfonamides is 1. The first-order chi connectivity index (χ1) is 13.3. The number of amides is 1. The van der Waals surface area contributed by atoms with Crippen LogP contribution in [0.5, 0.6) is 0 Å². The molecular weight excluding hydrogens is 374 g/mol. The van der Waals surface area contributed by atoms with E-state index in [4.69, 9.17) is 0 Å². The molecule has 6 nitrogen and oxygen atoms in total. The number of anilines is 1. The van der Waals surface area contributed by atoms with Gasteiger partial charge in [0.25, 0.3) is 5.91 Å². The van der Waals surface area contributed by atoms with Gasteiger partial charge in [0.1, 0.15) is 0 Å². The topological polar surface area (TPSA) is 69.7 Å². The Kier molecular flexibility index (Phi) is 6.99. The van der Waals surface area contributed by atoms with Crippen LogP contribution in [0.1, 0.15) is 54.9 Å². The molecule has 2 aliphatic heterocycles. The standard InChI is InChI=1S/C21H33N3O3S/c1-17-9-14-23(15-10-17)12-4-3-11-22-21(25)19-7-8-20-18(16-19)6-5-13-24(20)28(2,26)27/h7-8,16-17H,3-6,9-15H2,1-2H3,(H,22,25). The fraction of sp³-hybridized carbons (Fsp3) is 0.667. The predicted molar refractivity (Wildman–Crippen MR) is 113 cm³/mol. The maximum atomic E-state index is 12.5. The van der Waals surface area contributed by atoms with E-state index in [1.165, 1.54) is 36.5 Å². The third kappa shape index (κ3) is 5.47. The van der Waals surface area contributed by atoms with Gasteiger partial charge < -0.3 is 10.2 Å². The van der Waals surface area contributed by atoms with Crippen molar-refractivity contribution in [1.29, 1.82) is 0 Å². The van der Waals surface area contributed by atoms with Crippen LogP contribution in [0, 0.1) is 5.92 Å². The van der Waals surface area contributed by atoms with E-state index in [0.717, 1.165) is 43.7 Å². The van der Waals surface area contributed by atoms with Crippen molar-refractivity contribution in [1.82, 2.24) is 10.2 Å². The fourth-order valence-corrected chi connectivity index (χ4v) is 5.09. The Bertz CT molecular complexity index is 786. The Morgan fingerprint density at radius 1 is 1.18 bits per heavy atom. The van der Waals surface area contributed by atoms with Gasteiger partial charge >= 0.3 is 0 Å². The second-order valence-electron chi connectivity index (χ2n) is 8.27. The first-order valence-electron chi connectivity index (χ1n) is 10.5. The van der Waals surface area contributed by atoms with Gasteiger partial charge in [0.2, 0.25) is 10.0 Å². The third-order valence-electron chi connectivity index (χ3n) is 5.88. The molecule has 0 unspecified atom stereocenters. The Labute approximate surface area is 169 Å².